The number of benzene rings is 2. The Labute approximate surface area is 181 Å². The van der Waals surface area contributed by atoms with E-state index in [9.17, 15) is 9.90 Å². The summed E-state index contributed by atoms with van der Waals surface area (Å²) in [5, 5.41) is 9.90. The van der Waals surface area contributed by atoms with Crippen LogP contribution in [0.25, 0.3) is 11.3 Å². The number of methoxy groups -OCH3 is 1. The minimum Gasteiger partial charge on any atom is -0.496 e. The van der Waals surface area contributed by atoms with Gasteiger partial charge in [0.1, 0.15) is 11.6 Å². The zero-order valence-electron chi connectivity index (χ0n) is 17.5. The monoisotopic (exact) mass is 419 g/mol. The van der Waals surface area contributed by atoms with Gasteiger partial charge in [0.05, 0.1) is 38.2 Å². The van der Waals surface area contributed by atoms with E-state index in [1.165, 1.54) is 7.11 Å². The van der Waals surface area contributed by atoms with Gasteiger partial charge in [-0.05, 0) is 35.9 Å². The van der Waals surface area contributed by atoms with Crippen LogP contribution in [0.15, 0.2) is 48.7 Å². The quantitative estimate of drug-likeness (QED) is 0.590. The van der Waals surface area contributed by atoms with Crippen molar-refractivity contribution in [2.75, 3.05) is 38.3 Å². The molecule has 0 radical (unpaired) electrons. The van der Waals surface area contributed by atoms with Crippen LogP contribution in [0.4, 0.5) is 5.69 Å². The fraction of sp³-hybridized carbons (Fsp3) is 0.292. The largest absolute Gasteiger partial charge is 0.496 e. The van der Waals surface area contributed by atoms with Crippen molar-refractivity contribution in [3.8, 4) is 17.0 Å². The van der Waals surface area contributed by atoms with Crippen LogP contribution in [0.5, 0.6) is 5.75 Å². The summed E-state index contributed by atoms with van der Waals surface area (Å²) in [4.78, 5) is 22.7. The van der Waals surface area contributed by atoms with Crippen LogP contribution < -0.4 is 9.64 Å². The van der Waals surface area contributed by atoms with E-state index in [-0.39, 0.29) is 6.61 Å². The van der Waals surface area contributed by atoms with Gasteiger partial charge in [0.2, 0.25) is 0 Å². The first kappa shape index (κ1) is 21.0. The average Bonchev–Trinajstić information content (AvgIpc) is 2.84. The van der Waals surface area contributed by atoms with Crippen molar-refractivity contribution in [2.24, 2.45) is 0 Å². The highest BCUT2D eigenvalue weighted by Gasteiger charge is 2.15. The SMILES string of the molecule is COc1ccc(-c2ccnc(Cc3ccc(N4CCOCC4)c(CO)c3)n2)cc1C=O. The number of aldehydes is 1. The Balaban J connectivity index is 1.57. The van der Waals surface area contributed by atoms with E-state index < -0.39 is 0 Å². The van der Waals surface area contributed by atoms with Gasteiger partial charge in [-0.15, -0.1) is 0 Å². The number of aromatic nitrogens is 2. The summed E-state index contributed by atoms with van der Waals surface area (Å²) < 4.78 is 10.6. The maximum atomic E-state index is 11.3. The second kappa shape index (κ2) is 9.68. The molecule has 0 saturated carbocycles. The molecule has 160 valence electrons. The first-order valence-corrected chi connectivity index (χ1v) is 10.2. The topological polar surface area (TPSA) is 84.8 Å². The van der Waals surface area contributed by atoms with Crippen LogP contribution >= 0.6 is 0 Å². The van der Waals surface area contributed by atoms with Crippen molar-refractivity contribution in [1.29, 1.82) is 0 Å². The molecule has 1 saturated heterocycles. The Kier molecular flexibility index (Phi) is 6.54. The molecule has 1 aliphatic heterocycles. The molecule has 7 heteroatoms. The van der Waals surface area contributed by atoms with Crippen molar-refractivity contribution < 1.29 is 19.4 Å². The summed E-state index contributed by atoms with van der Waals surface area (Å²) in [6.45, 7) is 3.01. The van der Waals surface area contributed by atoms with Crippen molar-refractivity contribution >= 4 is 12.0 Å². The number of nitrogens with zero attached hydrogens (tertiary/aromatic N) is 3. The van der Waals surface area contributed by atoms with Gasteiger partial charge in [-0.25, -0.2) is 9.97 Å². The van der Waals surface area contributed by atoms with E-state index in [0.717, 1.165) is 47.4 Å². The van der Waals surface area contributed by atoms with Crippen LogP contribution in [0.3, 0.4) is 0 Å². The van der Waals surface area contributed by atoms with Crippen LogP contribution in [0, 0.1) is 0 Å². The molecule has 0 aliphatic carbocycles. The summed E-state index contributed by atoms with van der Waals surface area (Å²) in [5.41, 5.74) is 5.01. The van der Waals surface area contributed by atoms with Gasteiger partial charge in [-0.1, -0.05) is 12.1 Å². The Morgan fingerprint density at radius 2 is 2.00 bits per heavy atom. The molecule has 7 nitrogen and oxygen atoms in total. The molecule has 0 unspecified atom stereocenters. The molecule has 0 amide bonds. The lowest BCUT2D eigenvalue weighted by Crippen LogP contribution is -2.36. The molecule has 31 heavy (non-hydrogen) atoms. The van der Waals surface area contributed by atoms with E-state index in [1.807, 2.05) is 18.2 Å². The number of anilines is 1. The van der Waals surface area contributed by atoms with Gasteiger partial charge in [0.15, 0.2) is 6.29 Å². The standard InChI is InChI=1S/C24H25N3O4/c1-30-23-5-3-18(14-20(23)16-29)21-6-7-25-24(26-21)13-17-2-4-22(19(12-17)15-28)27-8-10-31-11-9-27/h2-7,12,14,16,28H,8-11,13,15H2,1H3. The Hall–Kier alpha value is -3.29. The number of morpholine rings is 1. The number of hydrogen-bond acceptors (Lipinski definition) is 7. The number of carbonyl (C=O) groups is 1. The molecule has 2 aromatic carbocycles. The zero-order valence-corrected chi connectivity index (χ0v) is 17.5. The second-order valence-corrected chi connectivity index (χ2v) is 7.33. The number of aliphatic hydroxyl groups is 1. The number of carbonyl (C=O) groups excluding carboxylic acids is 1. The van der Waals surface area contributed by atoms with Gasteiger partial charge in [-0.2, -0.15) is 0 Å². The van der Waals surface area contributed by atoms with Crippen molar-refractivity contribution in [3.63, 3.8) is 0 Å². The Morgan fingerprint density at radius 1 is 1.16 bits per heavy atom. The zero-order chi connectivity index (χ0) is 21.6. The van der Waals surface area contributed by atoms with Crippen LogP contribution in [0.1, 0.15) is 27.3 Å². The highest BCUT2D eigenvalue weighted by Crippen LogP contribution is 2.26. The molecule has 1 fully saturated rings. The predicted octanol–water partition coefficient (Wildman–Crippen LogP) is 2.88. The van der Waals surface area contributed by atoms with E-state index in [2.05, 4.69) is 27.0 Å². The molecule has 0 bridgehead atoms. The van der Waals surface area contributed by atoms with E-state index in [1.54, 1.807) is 18.3 Å². The van der Waals surface area contributed by atoms with E-state index in [0.29, 0.717) is 36.8 Å². The molecule has 1 N–H and O–H groups in total. The van der Waals surface area contributed by atoms with Crippen LogP contribution in [0.2, 0.25) is 0 Å². The number of hydrogen-bond donors (Lipinski definition) is 1. The lowest BCUT2D eigenvalue weighted by atomic mass is 10.0. The number of ether oxygens (including phenoxy) is 2. The highest BCUT2D eigenvalue weighted by molar-refractivity contribution is 5.82. The summed E-state index contributed by atoms with van der Waals surface area (Å²) in [6.07, 6.45) is 3.04. The lowest BCUT2D eigenvalue weighted by molar-refractivity contribution is 0.112. The van der Waals surface area contributed by atoms with Crippen molar-refractivity contribution in [3.05, 3.63) is 71.2 Å². The number of aliphatic hydroxyl groups excluding tert-OH is 1. The fourth-order valence-electron chi connectivity index (χ4n) is 3.80. The molecule has 0 atom stereocenters. The van der Waals surface area contributed by atoms with Gasteiger partial charge in [-0.3, -0.25) is 4.79 Å². The lowest BCUT2D eigenvalue weighted by Gasteiger charge is -2.30. The molecule has 3 aromatic rings. The molecule has 0 spiro atoms. The smallest absolute Gasteiger partial charge is 0.153 e. The third kappa shape index (κ3) is 4.73. The molecule has 2 heterocycles. The normalized spacial score (nSPS) is 13.8. The maximum Gasteiger partial charge on any atom is 0.153 e. The third-order valence-electron chi connectivity index (χ3n) is 5.39. The first-order valence-electron chi connectivity index (χ1n) is 10.2. The second-order valence-electron chi connectivity index (χ2n) is 7.33. The summed E-state index contributed by atoms with van der Waals surface area (Å²) in [6, 6.07) is 13.3. The van der Waals surface area contributed by atoms with Gasteiger partial charge in [0.25, 0.3) is 0 Å². The average molecular weight is 419 g/mol. The summed E-state index contributed by atoms with van der Waals surface area (Å²) >= 11 is 0. The summed E-state index contributed by atoms with van der Waals surface area (Å²) in [5.74, 6) is 1.20. The highest BCUT2D eigenvalue weighted by atomic mass is 16.5. The fourth-order valence-corrected chi connectivity index (χ4v) is 3.80. The third-order valence-corrected chi connectivity index (χ3v) is 5.39. The van der Waals surface area contributed by atoms with Gasteiger partial charge >= 0.3 is 0 Å². The molecule has 4 rings (SSSR count). The van der Waals surface area contributed by atoms with Crippen LogP contribution in [-0.4, -0.2) is 54.8 Å². The summed E-state index contributed by atoms with van der Waals surface area (Å²) in [7, 11) is 1.54. The van der Waals surface area contributed by atoms with Crippen molar-refractivity contribution in [1.82, 2.24) is 9.97 Å². The Bertz CT molecular complexity index is 1060. The minimum atomic E-state index is -0.0260. The van der Waals surface area contributed by atoms with E-state index >= 15 is 0 Å². The molecular formula is C24H25N3O4. The van der Waals surface area contributed by atoms with E-state index in [4.69, 9.17) is 9.47 Å². The van der Waals surface area contributed by atoms with Gasteiger partial charge < -0.3 is 19.5 Å². The van der Waals surface area contributed by atoms with Crippen LogP contribution in [-0.2, 0) is 17.8 Å². The Morgan fingerprint density at radius 3 is 2.74 bits per heavy atom. The predicted molar refractivity (Wildman–Crippen MR) is 118 cm³/mol. The molecule has 1 aliphatic rings. The van der Waals surface area contributed by atoms with Crippen molar-refractivity contribution in [2.45, 2.75) is 13.0 Å². The molecule has 1 aromatic heterocycles. The van der Waals surface area contributed by atoms with Gasteiger partial charge in [0, 0.05) is 42.5 Å². The molecular weight excluding hydrogens is 394 g/mol. The first-order chi connectivity index (χ1) is 15.2. The minimum absolute atomic E-state index is 0.0260. The maximum absolute atomic E-state index is 11.3. The number of rotatable bonds is 7.